The van der Waals surface area contributed by atoms with Crippen molar-refractivity contribution in [1.29, 1.82) is 0 Å². The first-order chi connectivity index (χ1) is 10.6. The predicted molar refractivity (Wildman–Crippen MR) is 82.9 cm³/mol. The maximum Gasteiger partial charge on any atom is 0.404 e. The fourth-order valence-electron chi connectivity index (χ4n) is 2.93. The van der Waals surface area contributed by atoms with Crippen LogP contribution in [-0.4, -0.2) is 50.7 Å². The quantitative estimate of drug-likeness (QED) is 0.749. The summed E-state index contributed by atoms with van der Waals surface area (Å²) in [6.45, 7) is 3.23. The molecule has 1 amide bonds. The standard InChI is InChI=1S/C14H18ClN5O2/c15-12-11-10(6-16-13(11)19-8-18-12)7-20-3-1-9(2-4-20)5-17-14(21)22/h6,8-9,17H,1-5,7H2,(H,21,22)(H,16,18,19). The number of nitrogens with one attached hydrogen (secondary N) is 2. The summed E-state index contributed by atoms with van der Waals surface area (Å²) in [5.74, 6) is 0.419. The number of piperidine rings is 1. The Morgan fingerprint density at radius 3 is 2.95 bits per heavy atom. The van der Waals surface area contributed by atoms with Gasteiger partial charge in [-0.25, -0.2) is 14.8 Å². The molecule has 7 nitrogen and oxygen atoms in total. The van der Waals surface area contributed by atoms with Crippen LogP contribution >= 0.6 is 11.6 Å². The number of H-pyrrole nitrogens is 1. The first-order valence-corrected chi connectivity index (χ1v) is 7.67. The van der Waals surface area contributed by atoms with Crippen LogP contribution in [0.25, 0.3) is 11.0 Å². The Kier molecular flexibility index (Phi) is 4.44. The molecule has 0 unspecified atom stereocenters. The molecule has 1 aliphatic heterocycles. The summed E-state index contributed by atoms with van der Waals surface area (Å²) in [4.78, 5) is 24.2. The average Bonchev–Trinajstić information content (AvgIpc) is 2.91. The normalized spacial score (nSPS) is 17.0. The van der Waals surface area contributed by atoms with Gasteiger partial charge in [0.15, 0.2) is 0 Å². The smallest absolute Gasteiger partial charge is 0.404 e. The molecule has 3 heterocycles. The van der Waals surface area contributed by atoms with Crippen LogP contribution in [0, 0.1) is 5.92 Å². The number of carbonyl (C=O) groups is 1. The van der Waals surface area contributed by atoms with E-state index in [1.807, 2.05) is 6.20 Å². The lowest BCUT2D eigenvalue weighted by molar-refractivity contribution is 0.166. The van der Waals surface area contributed by atoms with Crippen molar-refractivity contribution in [1.82, 2.24) is 25.2 Å². The number of hydrogen-bond donors (Lipinski definition) is 3. The minimum absolute atomic E-state index is 0.419. The minimum atomic E-state index is -0.948. The summed E-state index contributed by atoms with van der Waals surface area (Å²) in [6, 6.07) is 0. The Balaban J connectivity index is 1.59. The van der Waals surface area contributed by atoms with Crippen LogP contribution in [0.2, 0.25) is 5.15 Å². The average molecular weight is 324 g/mol. The van der Waals surface area contributed by atoms with Crippen molar-refractivity contribution in [3.8, 4) is 0 Å². The molecular formula is C14H18ClN5O2. The molecule has 0 spiro atoms. The highest BCUT2D eigenvalue weighted by molar-refractivity contribution is 6.34. The second-order valence-corrected chi connectivity index (χ2v) is 5.97. The molecule has 1 fully saturated rings. The third-order valence-corrected chi connectivity index (χ3v) is 4.43. The number of fused-ring (bicyclic) bond motifs is 1. The van der Waals surface area contributed by atoms with Gasteiger partial charge in [-0.2, -0.15) is 0 Å². The highest BCUT2D eigenvalue weighted by Crippen LogP contribution is 2.26. The fraction of sp³-hybridized carbons (Fsp3) is 0.500. The lowest BCUT2D eigenvalue weighted by Gasteiger charge is -2.31. The predicted octanol–water partition coefficient (Wildman–Crippen LogP) is 2.09. The van der Waals surface area contributed by atoms with Gasteiger partial charge in [-0.3, -0.25) is 4.90 Å². The van der Waals surface area contributed by atoms with Crippen LogP contribution in [0.1, 0.15) is 18.4 Å². The van der Waals surface area contributed by atoms with Crippen LogP contribution in [0.15, 0.2) is 12.5 Å². The largest absolute Gasteiger partial charge is 0.465 e. The van der Waals surface area contributed by atoms with Gasteiger partial charge < -0.3 is 15.4 Å². The monoisotopic (exact) mass is 323 g/mol. The van der Waals surface area contributed by atoms with E-state index in [4.69, 9.17) is 16.7 Å². The van der Waals surface area contributed by atoms with Crippen molar-refractivity contribution in [3.63, 3.8) is 0 Å². The number of likely N-dealkylation sites (tertiary alicyclic amines) is 1. The number of nitrogens with zero attached hydrogens (tertiary/aromatic N) is 3. The minimum Gasteiger partial charge on any atom is -0.465 e. The third-order valence-electron chi connectivity index (χ3n) is 4.15. The van der Waals surface area contributed by atoms with Gasteiger partial charge in [0.1, 0.15) is 17.1 Å². The maximum atomic E-state index is 10.5. The summed E-state index contributed by atoms with van der Waals surface area (Å²) in [6.07, 6.45) is 4.42. The Morgan fingerprint density at radius 1 is 1.45 bits per heavy atom. The third kappa shape index (κ3) is 3.31. The summed E-state index contributed by atoms with van der Waals surface area (Å²) in [7, 11) is 0. The molecule has 22 heavy (non-hydrogen) atoms. The van der Waals surface area contributed by atoms with Crippen LogP contribution < -0.4 is 5.32 Å². The Labute approximate surface area is 132 Å². The van der Waals surface area contributed by atoms with Gasteiger partial charge in [-0.05, 0) is 37.4 Å². The molecule has 2 aromatic heterocycles. The summed E-state index contributed by atoms with van der Waals surface area (Å²) in [5, 5.41) is 12.5. The number of halogens is 1. The van der Waals surface area contributed by atoms with Crippen molar-refractivity contribution >= 4 is 28.7 Å². The van der Waals surface area contributed by atoms with Gasteiger partial charge in [-0.1, -0.05) is 11.6 Å². The number of amides is 1. The first-order valence-electron chi connectivity index (χ1n) is 7.29. The highest BCUT2D eigenvalue weighted by atomic mass is 35.5. The van der Waals surface area contributed by atoms with E-state index in [0.29, 0.717) is 17.6 Å². The molecule has 0 bridgehead atoms. The molecule has 1 saturated heterocycles. The van der Waals surface area contributed by atoms with E-state index in [-0.39, 0.29) is 0 Å². The van der Waals surface area contributed by atoms with Gasteiger partial charge in [-0.15, -0.1) is 0 Å². The van der Waals surface area contributed by atoms with Gasteiger partial charge >= 0.3 is 6.09 Å². The molecule has 0 radical (unpaired) electrons. The molecular weight excluding hydrogens is 306 g/mol. The van der Waals surface area contributed by atoms with Crippen LogP contribution in [0.3, 0.4) is 0 Å². The molecule has 1 aliphatic rings. The van der Waals surface area contributed by atoms with Crippen molar-refractivity contribution in [2.45, 2.75) is 19.4 Å². The molecule has 0 saturated carbocycles. The molecule has 118 valence electrons. The van der Waals surface area contributed by atoms with Crippen LogP contribution in [0.5, 0.6) is 0 Å². The Hall–Kier alpha value is -1.86. The van der Waals surface area contributed by atoms with Gasteiger partial charge in [0, 0.05) is 19.3 Å². The maximum absolute atomic E-state index is 10.5. The molecule has 0 atom stereocenters. The topological polar surface area (TPSA) is 94.1 Å². The van der Waals surface area contributed by atoms with Crippen molar-refractivity contribution < 1.29 is 9.90 Å². The molecule has 0 aliphatic carbocycles. The Morgan fingerprint density at radius 2 is 2.23 bits per heavy atom. The van der Waals surface area contributed by atoms with Crippen molar-refractivity contribution in [2.24, 2.45) is 5.92 Å². The fourth-order valence-corrected chi connectivity index (χ4v) is 3.19. The Bertz CT molecular complexity index is 666. The number of rotatable bonds is 4. The molecule has 0 aromatic carbocycles. The van der Waals surface area contributed by atoms with E-state index in [9.17, 15) is 4.79 Å². The number of aromatic nitrogens is 3. The van der Waals surface area contributed by atoms with Crippen molar-refractivity contribution in [2.75, 3.05) is 19.6 Å². The lowest BCUT2D eigenvalue weighted by atomic mass is 9.96. The zero-order valence-corrected chi connectivity index (χ0v) is 12.8. The number of carboxylic acid groups (broad SMARTS) is 1. The van der Waals surface area contributed by atoms with Crippen molar-refractivity contribution in [3.05, 3.63) is 23.2 Å². The van der Waals surface area contributed by atoms with E-state index in [0.717, 1.165) is 49.1 Å². The second-order valence-electron chi connectivity index (χ2n) is 5.61. The lowest BCUT2D eigenvalue weighted by Crippen LogP contribution is -2.37. The molecule has 3 rings (SSSR count). The van der Waals surface area contributed by atoms with Gasteiger partial charge in [0.25, 0.3) is 0 Å². The highest BCUT2D eigenvalue weighted by Gasteiger charge is 2.21. The number of hydrogen-bond acceptors (Lipinski definition) is 4. The van der Waals surface area contributed by atoms with Crippen LogP contribution in [0.4, 0.5) is 4.79 Å². The van der Waals surface area contributed by atoms with E-state index in [1.165, 1.54) is 6.33 Å². The second kappa shape index (κ2) is 6.50. The SMILES string of the molecule is O=C(O)NCC1CCN(Cc2c[nH]c3ncnc(Cl)c23)CC1. The van der Waals surface area contributed by atoms with E-state index < -0.39 is 6.09 Å². The first kappa shape index (κ1) is 15.1. The van der Waals surface area contributed by atoms with E-state index in [2.05, 4.69) is 25.2 Å². The zero-order valence-electron chi connectivity index (χ0n) is 12.0. The molecule has 3 N–H and O–H groups in total. The number of aromatic amines is 1. The van der Waals surface area contributed by atoms with Crippen LogP contribution in [-0.2, 0) is 6.54 Å². The summed E-state index contributed by atoms with van der Waals surface area (Å²) in [5.41, 5.74) is 1.86. The zero-order chi connectivity index (χ0) is 15.5. The molecule has 8 heteroatoms. The van der Waals surface area contributed by atoms with E-state index >= 15 is 0 Å². The van der Waals surface area contributed by atoms with E-state index in [1.54, 1.807) is 0 Å². The van der Waals surface area contributed by atoms with Gasteiger partial charge in [0.2, 0.25) is 0 Å². The summed E-state index contributed by atoms with van der Waals surface area (Å²) >= 11 is 6.16. The molecule has 2 aromatic rings. The van der Waals surface area contributed by atoms with Gasteiger partial charge in [0.05, 0.1) is 5.39 Å². The summed E-state index contributed by atoms with van der Waals surface area (Å²) < 4.78 is 0.